The lowest BCUT2D eigenvalue weighted by molar-refractivity contribution is -0.116. The van der Waals surface area contributed by atoms with Crippen LogP contribution in [0.3, 0.4) is 0 Å². The average Bonchev–Trinajstić information content (AvgIpc) is 2.23. The molecule has 4 heteroatoms. The van der Waals surface area contributed by atoms with Gasteiger partial charge in [-0.15, -0.1) is 0 Å². The molecular formula is C11H15O3Si. The van der Waals surface area contributed by atoms with E-state index < -0.39 is 21.4 Å². The van der Waals surface area contributed by atoms with Crippen LogP contribution < -0.4 is 5.19 Å². The van der Waals surface area contributed by atoms with E-state index in [0.29, 0.717) is 6.42 Å². The first kappa shape index (κ1) is 10.8. The SMILES string of the molecule is Cc1ccccc1[Si]1CCC(O)C(O)O1. The van der Waals surface area contributed by atoms with E-state index in [1.54, 1.807) is 0 Å². The molecule has 0 aromatic heterocycles. The number of aryl methyl sites for hydroxylation is 1. The Kier molecular flexibility index (Phi) is 3.21. The molecule has 1 aliphatic heterocycles. The number of benzene rings is 1. The van der Waals surface area contributed by atoms with Crippen LogP contribution in [0.4, 0.5) is 0 Å². The Morgan fingerprint density at radius 1 is 1.33 bits per heavy atom. The van der Waals surface area contributed by atoms with Crippen molar-refractivity contribution in [2.75, 3.05) is 0 Å². The molecular weight excluding hydrogens is 208 g/mol. The zero-order valence-electron chi connectivity index (χ0n) is 8.68. The zero-order chi connectivity index (χ0) is 10.8. The Morgan fingerprint density at radius 3 is 2.73 bits per heavy atom. The summed E-state index contributed by atoms with van der Waals surface area (Å²) in [6, 6.07) is 8.94. The zero-order valence-corrected chi connectivity index (χ0v) is 9.68. The van der Waals surface area contributed by atoms with E-state index in [9.17, 15) is 10.2 Å². The predicted octanol–water partition coefficient (Wildman–Crippen LogP) is 0.293. The summed E-state index contributed by atoms with van der Waals surface area (Å²) in [5.41, 5.74) is 1.20. The Morgan fingerprint density at radius 2 is 2.07 bits per heavy atom. The van der Waals surface area contributed by atoms with Gasteiger partial charge in [-0.2, -0.15) is 0 Å². The van der Waals surface area contributed by atoms with E-state index in [2.05, 4.69) is 0 Å². The lowest BCUT2D eigenvalue weighted by Crippen LogP contribution is -2.47. The van der Waals surface area contributed by atoms with Crippen molar-refractivity contribution in [1.29, 1.82) is 0 Å². The number of hydrogen-bond acceptors (Lipinski definition) is 3. The van der Waals surface area contributed by atoms with Crippen molar-refractivity contribution >= 4 is 14.2 Å². The van der Waals surface area contributed by atoms with Gasteiger partial charge in [-0.3, -0.25) is 0 Å². The third-order valence-electron chi connectivity index (χ3n) is 2.70. The van der Waals surface area contributed by atoms with E-state index in [1.807, 2.05) is 31.2 Å². The van der Waals surface area contributed by atoms with Crippen LogP contribution in [0.15, 0.2) is 24.3 Å². The van der Waals surface area contributed by atoms with Crippen LogP contribution in [-0.4, -0.2) is 31.6 Å². The topological polar surface area (TPSA) is 49.7 Å². The van der Waals surface area contributed by atoms with E-state index in [-0.39, 0.29) is 0 Å². The first-order valence-electron chi connectivity index (χ1n) is 5.13. The number of rotatable bonds is 1. The molecule has 0 aliphatic carbocycles. The fourth-order valence-electron chi connectivity index (χ4n) is 1.79. The molecule has 0 spiro atoms. The summed E-state index contributed by atoms with van der Waals surface area (Å²) in [7, 11) is -1.15. The number of aliphatic hydroxyl groups excluding tert-OH is 2. The monoisotopic (exact) mass is 223 g/mol. The summed E-state index contributed by atoms with van der Waals surface area (Å²) >= 11 is 0. The first-order chi connectivity index (χ1) is 7.18. The van der Waals surface area contributed by atoms with Crippen molar-refractivity contribution in [1.82, 2.24) is 0 Å². The van der Waals surface area contributed by atoms with Gasteiger partial charge in [0.25, 0.3) is 9.04 Å². The van der Waals surface area contributed by atoms with Gasteiger partial charge in [0.2, 0.25) is 0 Å². The van der Waals surface area contributed by atoms with Gasteiger partial charge in [0, 0.05) is 0 Å². The highest BCUT2D eigenvalue weighted by atomic mass is 28.3. The van der Waals surface area contributed by atoms with Crippen LogP contribution in [0.25, 0.3) is 0 Å². The summed E-state index contributed by atoms with van der Waals surface area (Å²) < 4.78 is 5.47. The molecule has 2 rings (SSSR count). The Bertz CT molecular complexity index is 342. The smallest absolute Gasteiger partial charge is 0.250 e. The molecule has 1 heterocycles. The highest BCUT2D eigenvalue weighted by Crippen LogP contribution is 2.17. The molecule has 2 atom stereocenters. The van der Waals surface area contributed by atoms with Crippen molar-refractivity contribution in [2.24, 2.45) is 0 Å². The molecule has 1 aromatic rings. The molecule has 1 radical (unpaired) electrons. The molecule has 1 fully saturated rings. The number of aliphatic hydroxyl groups is 2. The Hall–Kier alpha value is -0.683. The van der Waals surface area contributed by atoms with Gasteiger partial charge in [0.05, 0.1) is 0 Å². The van der Waals surface area contributed by atoms with Crippen molar-refractivity contribution in [3.8, 4) is 0 Å². The van der Waals surface area contributed by atoms with Gasteiger partial charge in [-0.25, -0.2) is 0 Å². The predicted molar refractivity (Wildman–Crippen MR) is 59.1 cm³/mol. The molecule has 2 unspecified atom stereocenters. The molecule has 2 N–H and O–H groups in total. The minimum absolute atomic E-state index is 0.629. The third-order valence-corrected chi connectivity index (χ3v) is 5.14. The van der Waals surface area contributed by atoms with Gasteiger partial charge in [-0.05, 0) is 30.1 Å². The molecule has 0 bridgehead atoms. The van der Waals surface area contributed by atoms with Gasteiger partial charge in [0.1, 0.15) is 6.10 Å². The summed E-state index contributed by atoms with van der Waals surface area (Å²) in [6.07, 6.45) is -1.10. The van der Waals surface area contributed by atoms with E-state index >= 15 is 0 Å². The van der Waals surface area contributed by atoms with Crippen LogP contribution in [0, 0.1) is 6.92 Å². The molecule has 0 amide bonds. The minimum Gasteiger partial charge on any atom is -0.388 e. The van der Waals surface area contributed by atoms with Gasteiger partial charge < -0.3 is 14.6 Å². The average molecular weight is 223 g/mol. The highest BCUT2D eigenvalue weighted by Gasteiger charge is 2.31. The Balaban J connectivity index is 2.15. The van der Waals surface area contributed by atoms with Gasteiger partial charge in [0.15, 0.2) is 6.29 Å². The molecule has 3 nitrogen and oxygen atoms in total. The maximum absolute atomic E-state index is 9.45. The fourth-order valence-corrected chi connectivity index (χ4v) is 4.11. The molecule has 1 saturated heterocycles. The summed E-state index contributed by atoms with van der Waals surface area (Å²) in [4.78, 5) is 0. The van der Waals surface area contributed by atoms with Crippen molar-refractivity contribution < 1.29 is 14.6 Å². The maximum atomic E-state index is 9.45. The first-order valence-corrected chi connectivity index (χ1v) is 6.74. The molecule has 1 aromatic carbocycles. The van der Waals surface area contributed by atoms with Crippen LogP contribution in [0.5, 0.6) is 0 Å². The Labute approximate surface area is 91.1 Å². The lowest BCUT2D eigenvalue weighted by atomic mass is 10.2. The van der Waals surface area contributed by atoms with E-state index in [0.717, 1.165) is 6.04 Å². The second-order valence-electron chi connectivity index (χ2n) is 3.85. The van der Waals surface area contributed by atoms with Crippen LogP contribution in [0.2, 0.25) is 6.04 Å². The van der Waals surface area contributed by atoms with Crippen molar-refractivity contribution in [2.45, 2.75) is 31.8 Å². The van der Waals surface area contributed by atoms with Gasteiger partial charge >= 0.3 is 0 Å². The molecule has 0 saturated carbocycles. The standard InChI is InChI=1S/C11H15O3Si/c1-8-4-2-3-5-10(8)15-7-6-9(12)11(13)14-15/h2-5,9,11-13H,6-7H2,1H3. The second kappa shape index (κ2) is 4.45. The van der Waals surface area contributed by atoms with Crippen LogP contribution in [-0.2, 0) is 4.43 Å². The largest absolute Gasteiger partial charge is 0.388 e. The maximum Gasteiger partial charge on any atom is 0.250 e. The third kappa shape index (κ3) is 2.29. The van der Waals surface area contributed by atoms with Crippen molar-refractivity contribution in [3.63, 3.8) is 0 Å². The quantitative estimate of drug-likeness (QED) is 0.673. The normalized spacial score (nSPS) is 27.9. The summed E-state index contributed by atoms with van der Waals surface area (Å²) in [5.74, 6) is 0. The van der Waals surface area contributed by atoms with E-state index in [4.69, 9.17) is 4.43 Å². The molecule has 15 heavy (non-hydrogen) atoms. The lowest BCUT2D eigenvalue weighted by Gasteiger charge is -2.30. The molecule has 1 aliphatic rings. The highest BCUT2D eigenvalue weighted by molar-refractivity contribution is 6.68. The summed E-state index contributed by atoms with van der Waals surface area (Å²) in [6.45, 7) is 2.05. The molecule has 81 valence electrons. The van der Waals surface area contributed by atoms with Crippen molar-refractivity contribution in [3.05, 3.63) is 29.8 Å². The minimum atomic E-state index is -1.15. The second-order valence-corrected chi connectivity index (χ2v) is 5.97. The fraction of sp³-hybridized carbons (Fsp3) is 0.455. The van der Waals surface area contributed by atoms with E-state index in [1.165, 1.54) is 10.8 Å². The van der Waals surface area contributed by atoms with Crippen LogP contribution in [0.1, 0.15) is 12.0 Å². The number of hydrogen-bond donors (Lipinski definition) is 2. The van der Waals surface area contributed by atoms with Crippen LogP contribution >= 0.6 is 0 Å². The van der Waals surface area contributed by atoms with Gasteiger partial charge in [-0.1, -0.05) is 24.3 Å². The summed E-state index contributed by atoms with van der Waals surface area (Å²) in [5, 5.41) is 20.0.